The molecule has 20 heavy (non-hydrogen) atoms. The molecule has 2 unspecified atom stereocenters. The van der Waals surface area contributed by atoms with Gasteiger partial charge in [-0.2, -0.15) is 0 Å². The smallest absolute Gasteiger partial charge is 0.0388 e. The summed E-state index contributed by atoms with van der Waals surface area (Å²) in [6.45, 7) is 12.2. The van der Waals surface area contributed by atoms with Gasteiger partial charge in [0.15, 0.2) is 0 Å². The van der Waals surface area contributed by atoms with Crippen LogP contribution in [0.1, 0.15) is 98.8 Å². The molecule has 0 radical (unpaired) electrons. The third-order valence-electron chi connectivity index (χ3n) is 6.07. The minimum absolute atomic E-state index is 0.944. The molecule has 0 aliphatic heterocycles. The number of hydrogen-bond acceptors (Lipinski definition) is 0. The lowest BCUT2D eigenvalue weighted by Gasteiger charge is -2.32. The first kappa shape index (κ1) is 18.1. The average molecular weight is 281 g/mol. The predicted molar refractivity (Wildman–Crippen MR) is 92.0 cm³/mol. The van der Waals surface area contributed by atoms with Crippen LogP contribution < -0.4 is 0 Å². The fourth-order valence-electron chi connectivity index (χ4n) is 4.31. The third-order valence-corrected chi connectivity index (χ3v) is 6.07. The highest BCUT2D eigenvalue weighted by Crippen LogP contribution is 2.36. The Morgan fingerprint density at radius 3 is 1.85 bits per heavy atom. The van der Waals surface area contributed by atoms with Crippen molar-refractivity contribution >= 4 is 0 Å². The van der Waals surface area contributed by atoms with Crippen LogP contribution in [0.15, 0.2) is 0 Å². The Bertz CT molecular complexity index is 218. The summed E-state index contributed by atoms with van der Waals surface area (Å²) in [6.07, 6.45) is 14.6. The van der Waals surface area contributed by atoms with E-state index in [2.05, 4.69) is 34.6 Å². The Balaban J connectivity index is 2.29. The zero-order valence-electron chi connectivity index (χ0n) is 15.0. The van der Waals surface area contributed by atoms with Gasteiger partial charge in [0.1, 0.15) is 0 Å². The van der Waals surface area contributed by atoms with Crippen molar-refractivity contribution in [3.8, 4) is 0 Å². The monoisotopic (exact) mass is 280 g/mol. The highest BCUT2D eigenvalue weighted by Gasteiger charge is 2.24. The summed E-state index contributed by atoms with van der Waals surface area (Å²) >= 11 is 0. The summed E-state index contributed by atoms with van der Waals surface area (Å²) < 4.78 is 0. The van der Waals surface area contributed by atoms with Crippen molar-refractivity contribution in [3.63, 3.8) is 0 Å². The zero-order valence-corrected chi connectivity index (χ0v) is 15.0. The number of rotatable bonds is 9. The predicted octanol–water partition coefficient (Wildman–Crippen LogP) is 7.08. The Hall–Kier alpha value is 0. The van der Waals surface area contributed by atoms with Crippen LogP contribution in [-0.2, 0) is 0 Å². The molecule has 2 atom stereocenters. The molecule has 0 aromatic heterocycles. The van der Waals surface area contributed by atoms with E-state index in [-0.39, 0.29) is 0 Å². The van der Waals surface area contributed by atoms with Crippen molar-refractivity contribution in [1.82, 2.24) is 0 Å². The van der Waals surface area contributed by atoms with Gasteiger partial charge in [-0.1, -0.05) is 86.0 Å². The van der Waals surface area contributed by atoms with Crippen molar-refractivity contribution in [1.29, 1.82) is 0 Å². The lowest BCUT2D eigenvalue weighted by molar-refractivity contribution is 0.195. The molecule has 0 nitrogen and oxygen atoms in total. The molecule has 0 bridgehead atoms. The van der Waals surface area contributed by atoms with Crippen LogP contribution in [-0.4, -0.2) is 0 Å². The first-order chi connectivity index (χ1) is 9.58. The maximum atomic E-state index is 2.53. The second kappa shape index (κ2) is 9.85. The lowest BCUT2D eigenvalue weighted by Crippen LogP contribution is -2.20. The maximum Gasteiger partial charge on any atom is -0.0388 e. The first-order valence-electron chi connectivity index (χ1n) is 9.58. The van der Waals surface area contributed by atoms with Crippen molar-refractivity contribution in [2.75, 3.05) is 0 Å². The highest BCUT2D eigenvalue weighted by atomic mass is 14.3. The van der Waals surface area contributed by atoms with Gasteiger partial charge in [-0.15, -0.1) is 0 Å². The average Bonchev–Trinajstić information content (AvgIpc) is 2.45. The van der Waals surface area contributed by atoms with E-state index in [1.165, 1.54) is 64.2 Å². The molecule has 1 aliphatic carbocycles. The topological polar surface area (TPSA) is 0 Å². The fraction of sp³-hybridized carbons (Fsp3) is 1.00. The lowest BCUT2D eigenvalue weighted by atomic mass is 9.74. The minimum Gasteiger partial charge on any atom is -0.0654 e. The van der Waals surface area contributed by atoms with E-state index in [1.54, 1.807) is 0 Å². The molecular formula is C20H40. The van der Waals surface area contributed by atoms with Crippen molar-refractivity contribution in [3.05, 3.63) is 0 Å². The summed E-state index contributed by atoms with van der Waals surface area (Å²) in [6, 6.07) is 0. The molecule has 0 N–H and O–H groups in total. The first-order valence-corrected chi connectivity index (χ1v) is 9.58. The van der Waals surface area contributed by atoms with Gasteiger partial charge in [-0.3, -0.25) is 0 Å². The van der Waals surface area contributed by atoms with Gasteiger partial charge >= 0.3 is 0 Å². The SMILES string of the molecule is CCCC(CCC)C(C)CCC(C)C1CCC(C)CC1. The zero-order chi connectivity index (χ0) is 15.0. The molecule has 0 aromatic rings. The maximum absolute atomic E-state index is 2.53. The van der Waals surface area contributed by atoms with Crippen molar-refractivity contribution in [2.45, 2.75) is 98.8 Å². The minimum atomic E-state index is 0.944. The second-order valence-corrected chi connectivity index (χ2v) is 7.89. The molecule has 0 aromatic carbocycles. The van der Waals surface area contributed by atoms with Crippen molar-refractivity contribution < 1.29 is 0 Å². The molecule has 1 rings (SSSR count). The van der Waals surface area contributed by atoms with Crippen LogP contribution in [0.3, 0.4) is 0 Å². The van der Waals surface area contributed by atoms with Gasteiger partial charge in [-0.05, 0) is 42.4 Å². The van der Waals surface area contributed by atoms with E-state index in [0.717, 1.165) is 29.6 Å². The van der Waals surface area contributed by atoms with Gasteiger partial charge in [0, 0.05) is 0 Å². The van der Waals surface area contributed by atoms with E-state index in [4.69, 9.17) is 0 Å². The van der Waals surface area contributed by atoms with Crippen LogP contribution in [0.5, 0.6) is 0 Å². The second-order valence-electron chi connectivity index (χ2n) is 7.89. The molecule has 1 fully saturated rings. The van der Waals surface area contributed by atoms with Gasteiger partial charge in [-0.25, -0.2) is 0 Å². The molecular weight excluding hydrogens is 240 g/mol. The molecule has 0 saturated heterocycles. The van der Waals surface area contributed by atoms with E-state index < -0.39 is 0 Å². The van der Waals surface area contributed by atoms with E-state index >= 15 is 0 Å². The quantitative estimate of drug-likeness (QED) is 0.423. The van der Waals surface area contributed by atoms with Gasteiger partial charge in [0.25, 0.3) is 0 Å². The molecule has 0 amide bonds. The molecule has 120 valence electrons. The Labute approximate surface area is 129 Å². The van der Waals surface area contributed by atoms with Crippen LogP contribution >= 0.6 is 0 Å². The largest absolute Gasteiger partial charge is 0.0654 e. The van der Waals surface area contributed by atoms with E-state index in [9.17, 15) is 0 Å². The number of hydrogen-bond donors (Lipinski definition) is 0. The molecule has 1 aliphatic rings. The van der Waals surface area contributed by atoms with E-state index in [0.29, 0.717) is 0 Å². The van der Waals surface area contributed by atoms with Crippen LogP contribution in [0, 0.1) is 29.6 Å². The normalized spacial score (nSPS) is 26.7. The van der Waals surface area contributed by atoms with Crippen LogP contribution in [0.4, 0.5) is 0 Å². The van der Waals surface area contributed by atoms with Gasteiger partial charge in [0.2, 0.25) is 0 Å². The summed E-state index contributed by atoms with van der Waals surface area (Å²) in [7, 11) is 0. The fourth-order valence-corrected chi connectivity index (χ4v) is 4.31. The summed E-state index contributed by atoms with van der Waals surface area (Å²) in [4.78, 5) is 0. The van der Waals surface area contributed by atoms with Crippen LogP contribution in [0.25, 0.3) is 0 Å². The van der Waals surface area contributed by atoms with Gasteiger partial charge in [0.05, 0.1) is 0 Å². The van der Waals surface area contributed by atoms with Crippen molar-refractivity contribution in [2.24, 2.45) is 29.6 Å². The van der Waals surface area contributed by atoms with Gasteiger partial charge < -0.3 is 0 Å². The van der Waals surface area contributed by atoms with E-state index in [1.807, 2.05) is 0 Å². The standard InChI is InChI=1S/C20H40/c1-6-8-19(9-7-2)17(4)12-13-18(5)20-14-10-16(3)11-15-20/h16-20H,6-15H2,1-5H3. The molecule has 0 heteroatoms. The third kappa shape index (κ3) is 6.19. The summed E-state index contributed by atoms with van der Waals surface area (Å²) in [5, 5.41) is 0. The summed E-state index contributed by atoms with van der Waals surface area (Å²) in [5.74, 6) is 4.93. The highest BCUT2D eigenvalue weighted by molar-refractivity contribution is 4.76. The molecule has 0 spiro atoms. The Kier molecular flexibility index (Phi) is 8.89. The Morgan fingerprint density at radius 1 is 0.800 bits per heavy atom. The molecule has 0 heterocycles. The Morgan fingerprint density at radius 2 is 1.35 bits per heavy atom. The van der Waals surface area contributed by atoms with Crippen LogP contribution in [0.2, 0.25) is 0 Å². The summed E-state index contributed by atoms with van der Waals surface area (Å²) in [5.41, 5.74) is 0. The molecule has 1 saturated carbocycles.